The fourth-order valence-electron chi connectivity index (χ4n) is 4.32. The SMILES string of the molecule is N#Cc1cccc(NC(=S)N[C@@H]2CO[C@@H]3[C@@H]2OC[C@@H]3n2nnnc2Oc2ccc3c(c2)OCO3)c1. The van der Waals surface area contributed by atoms with Gasteiger partial charge in [-0.3, -0.25) is 0 Å². The first-order valence-corrected chi connectivity index (χ1v) is 11.2. The standard InChI is InChI=1S/C22H19N7O5S/c23-8-12-2-1-3-13(6-12)24-21(35)25-15-9-30-20-16(10-31-19(15)20)29-22(26-27-28-29)34-14-4-5-17-18(7-14)33-11-32-17/h1-7,15-16,19-20H,9-11H2,(H2,24,25,35)/t15-,16+,19-,20+/m1/s1. The molecular weight excluding hydrogens is 474 g/mol. The van der Waals surface area contributed by atoms with Crippen LogP contribution in [0, 0.1) is 11.3 Å². The highest BCUT2D eigenvalue weighted by molar-refractivity contribution is 7.80. The molecule has 4 heterocycles. The number of thiocarbonyl (C=S) groups is 1. The van der Waals surface area contributed by atoms with Gasteiger partial charge in [0.1, 0.15) is 24.0 Å². The van der Waals surface area contributed by atoms with E-state index in [1.807, 2.05) is 6.07 Å². The number of hydrogen-bond acceptors (Lipinski definition) is 10. The van der Waals surface area contributed by atoms with Crippen LogP contribution in [0.25, 0.3) is 0 Å². The van der Waals surface area contributed by atoms with Gasteiger partial charge in [0, 0.05) is 11.8 Å². The first kappa shape index (κ1) is 21.5. The van der Waals surface area contributed by atoms with Crippen LogP contribution in [-0.2, 0) is 9.47 Å². The van der Waals surface area contributed by atoms with E-state index in [1.165, 1.54) is 0 Å². The van der Waals surface area contributed by atoms with Crippen LogP contribution < -0.4 is 24.8 Å². The molecule has 2 fully saturated rings. The minimum absolute atomic E-state index is 0.168. The van der Waals surface area contributed by atoms with Crippen LogP contribution in [0.3, 0.4) is 0 Å². The smallest absolute Gasteiger partial charge is 0.341 e. The molecule has 0 amide bonds. The topological polar surface area (TPSA) is 138 Å². The molecule has 1 aromatic heterocycles. The number of rotatable bonds is 5. The molecule has 0 aliphatic carbocycles. The van der Waals surface area contributed by atoms with E-state index in [0.29, 0.717) is 41.1 Å². The number of nitrogens with zero attached hydrogens (tertiary/aromatic N) is 5. The summed E-state index contributed by atoms with van der Waals surface area (Å²) in [5.41, 5.74) is 1.27. The van der Waals surface area contributed by atoms with Crippen LogP contribution >= 0.6 is 12.2 Å². The quantitative estimate of drug-likeness (QED) is 0.501. The third-order valence-electron chi connectivity index (χ3n) is 5.92. The summed E-state index contributed by atoms with van der Waals surface area (Å²) in [5, 5.41) is 27.8. The normalized spacial score (nSPS) is 24.0. The molecule has 0 saturated carbocycles. The van der Waals surface area contributed by atoms with Crippen LogP contribution in [0.1, 0.15) is 11.6 Å². The zero-order valence-electron chi connectivity index (χ0n) is 18.2. The average Bonchev–Trinajstić information content (AvgIpc) is 3.65. The fourth-order valence-corrected chi connectivity index (χ4v) is 4.59. The van der Waals surface area contributed by atoms with Crippen molar-refractivity contribution in [1.29, 1.82) is 5.26 Å². The molecule has 3 aliphatic rings. The molecule has 3 aromatic rings. The van der Waals surface area contributed by atoms with Crippen LogP contribution in [0.2, 0.25) is 0 Å². The number of nitriles is 1. The number of anilines is 1. The Morgan fingerprint density at radius 1 is 1.11 bits per heavy atom. The van der Waals surface area contributed by atoms with E-state index in [0.717, 1.165) is 5.69 Å². The van der Waals surface area contributed by atoms with E-state index in [1.54, 1.807) is 41.1 Å². The van der Waals surface area contributed by atoms with Crippen molar-refractivity contribution in [2.75, 3.05) is 25.3 Å². The number of nitrogens with one attached hydrogen (secondary N) is 2. The number of aromatic nitrogens is 4. The first-order chi connectivity index (χ1) is 17.2. The molecule has 13 heteroatoms. The summed E-state index contributed by atoms with van der Waals surface area (Å²) in [6, 6.07) is 14.2. The Morgan fingerprint density at radius 3 is 2.91 bits per heavy atom. The Bertz CT molecular complexity index is 1310. The van der Waals surface area contributed by atoms with Crippen LogP contribution in [0.15, 0.2) is 42.5 Å². The first-order valence-electron chi connectivity index (χ1n) is 10.8. The van der Waals surface area contributed by atoms with Crippen molar-refractivity contribution in [3.8, 4) is 29.3 Å². The number of benzene rings is 2. The van der Waals surface area contributed by atoms with Crippen LogP contribution in [0.5, 0.6) is 23.3 Å². The fraction of sp³-hybridized carbons (Fsp3) is 0.318. The monoisotopic (exact) mass is 493 g/mol. The largest absolute Gasteiger partial charge is 0.454 e. The van der Waals surface area contributed by atoms with Gasteiger partial charge in [-0.05, 0) is 53.0 Å². The van der Waals surface area contributed by atoms with Gasteiger partial charge in [-0.25, -0.2) is 0 Å². The van der Waals surface area contributed by atoms with E-state index < -0.39 is 0 Å². The molecule has 0 spiro atoms. The lowest BCUT2D eigenvalue weighted by Crippen LogP contribution is -2.45. The Balaban J connectivity index is 1.11. The van der Waals surface area contributed by atoms with Gasteiger partial charge in [0.15, 0.2) is 16.6 Å². The summed E-state index contributed by atoms with van der Waals surface area (Å²) >= 11 is 5.46. The molecule has 0 bridgehead atoms. The van der Waals surface area contributed by atoms with Crippen molar-refractivity contribution >= 4 is 23.0 Å². The summed E-state index contributed by atoms with van der Waals surface area (Å²) in [6.45, 7) is 0.920. The van der Waals surface area contributed by atoms with Crippen molar-refractivity contribution in [3.05, 3.63) is 48.0 Å². The maximum Gasteiger partial charge on any atom is 0.341 e. The number of tetrazole rings is 1. The predicted molar refractivity (Wildman–Crippen MR) is 123 cm³/mol. The second-order valence-corrected chi connectivity index (χ2v) is 8.49. The summed E-state index contributed by atoms with van der Waals surface area (Å²) < 4.78 is 30.3. The van der Waals surface area contributed by atoms with Crippen molar-refractivity contribution < 1.29 is 23.7 Å². The lowest BCUT2D eigenvalue weighted by molar-refractivity contribution is 0.0615. The van der Waals surface area contributed by atoms with Gasteiger partial charge < -0.3 is 34.3 Å². The second-order valence-electron chi connectivity index (χ2n) is 8.08. The van der Waals surface area contributed by atoms with Gasteiger partial charge in [-0.1, -0.05) is 11.2 Å². The highest BCUT2D eigenvalue weighted by Crippen LogP contribution is 2.38. The van der Waals surface area contributed by atoms with Crippen LogP contribution in [0.4, 0.5) is 5.69 Å². The van der Waals surface area contributed by atoms with E-state index in [-0.39, 0.29) is 37.1 Å². The molecule has 6 rings (SSSR count). The highest BCUT2D eigenvalue weighted by atomic mass is 32.1. The molecule has 4 atom stereocenters. The molecule has 2 saturated heterocycles. The number of fused-ring (bicyclic) bond motifs is 2. The third-order valence-corrected chi connectivity index (χ3v) is 6.14. The van der Waals surface area contributed by atoms with E-state index >= 15 is 0 Å². The molecule has 2 aromatic carbocycles. The molecule has 12 nitrogen and oxygen atoms in total. The minimum Gasteiger partial charge on any atom is -0.454 e. The van der Waals surface area contributed by atoms with Gasteiger partial charge in [0.2, 0.25) is 6.79 Å². The zero-order chi connectivity index (χ0) is 23.8. The molecule has 0 unspecified atom stereocenters. The van der Waals surface area contributed by atoms with E-state index in [2.05, 4.69) is 32.2 Å². The zero-order valence-corrected chi connectivity index (χ0v) is 19.0. The van der Waals surface area contributed by atoms with Gasteiger partial charge in [-0.15, -0.1) is 0 Å². The number of ether oxygens (including phenoxy) is 5. The molecule has 0 radical (unpaired) electrons. The summed E-state index contributed by atoms with van der Waals surface area (Å²) in [5.74, 6) is 1.78. The molecule has 2 N–H and O–H groups in total. The highest BCUT2D eigenvalue weighted by Gasteiger charge is 2.50. The van der Waals surface area contributed by atoms with Gasteiger partial charge in [-0.2, -0.15) is 9.94 Å². The van der Waals surface area contributed by atoms with Gasteiger partial charge >= 0.3 is 6.01 Å². The maximum atomic E-state index is 9.08. The summed E-state index contributed by atoms with van der Waals surface area (Å²) in [7, 11) is 0. The Labute approximate surface area is 204 Å². The van der Waals surface area contributed by atoms with Crippen molar-refractivity contribution in [2.24, 2.45) is 0 Å². The summed E-state index contributed by atoms with van der Waals surface area (Å²) in [4.78, 5) is 0. The summed E-state index contributed by atoms with van der Waals surface area (Å²) in [6.07, 6.45) is -0.549. The number of hydrogen-bond donors (Lipinski definition) is 2. The molecule has 3 aliphatic heterocycles. The second kappa shape index (κ2) is 8.99. The Morgan fingerprint density at radius 2 is 2.00 bits per heavy atom. The Kier molecular flexibility index (Phi) is 5.53. The average molecular weight is 494 g/mol. The lowest BCUT2D eigenvalue weighted by atomic mass is 10.1. The molecule has 178 valence electrons. The van der Waals surface area contributed by atoms with E-state index in [9.17, 15) is 0 Å². The third kappa shape index (κ3) is 4.18. The maximum absolute atomic E-state index is 9.08. The van der Waals surface area contributed by atoms with Gasteiger partial charge in [0.05, 0.1) is 30.9 Å². The lowest BCUT2D eigenvalue weighted by Gasteiger charge is -2.20. The van der Waals surface area contributed by atoms with Crippen molar-refractivity contribution in [3.63, 3.8) is 0 Å². The van der Waals surface area contributed by atoms with Crippen LogP contribution in [-0.4, -0.2) is 63.6 Å². The van der Waals surface area contributed by atoms with Crippen molar-refractivity contribution in [1.82, 2.24) is 25.5 Å². The Hall–Kier alpha value is -3.99. The predicted octanol–water partition coefficient (Wildman–Crippen LogP) is 1.76. The van der Waals surface area contributed by atoms with Crippen molar-refractivity contribution in [2.45, 2.75) is 24.3 Å². The molecular formula is C22H19N7O5S. The minimum atomic E-state index is -0.292. The van der Waals surface area contributed by atoms with Gasteiger partial charge in [0.25, 0.3) is 0 Å². The van der Waals surface area contributed by atoms with E-state index in [4.69, 9.17) is 41.2 Å². The molecule has 35 heavy (non-hydrogen) atoms.